The molecule has 3 amide bonds. The summed E-state index contributed by atoms with van der Waals surface area (Å²) in [5.41, 5.74) is 0.569. The molecule has 0 radical (unpaired) electrons. The fourth-order valence-electron chi connectivity index (χ4n) is 3.17. The van der Waals surface area contributed by atoms with Crippen molar-refractivity contribution in [3.05, 3.63) is 29.8 Å². The van der Waals surface area contributed by atoms with E-state index in [0.717, 1.165) is 25.7 Å². The van der Waals surface area contributed by atoms with Crippen molar-refractivity contribution in [2.24, 2.45) is 5.92 Å². The molecule has 1 aromatic rings. The van der Waals surface area contributed by atoms with Crippen LogP contribution in [0, 0.1) is 5.92 Å². The molecule has 1 saturated carbocycles. The molecule has 1 aromatic carbocycles. The van der Waals surface area contributed by atoms with Gasteiger partial charge in [0.05, 0.1) is 0 Å². The minimum Gasteiger partial charge on any atom is -0.482 e. The summed E-state index contributed by atoms with van der Waals surface area (Å²) in [6.07, 6.45) is 4.56. The number of hydrogen-bond acceptors (Lipinski definition) is 6. The maximum absolute atomic E-state index is 11.9. The Hall–Kier alpha value is -2.90. The highest BCUT2D eigenvalue weighted by Gasteiger charge is 2.23. The lowest BCUT2D eigenvalue weighted by Crippen LogP contribution is -2.48. The second kappa shape index (κ2) is 11.2. The van der Waals surface area contributed by atoms with E-state index in [-0.39, 0.29) is 18.4 Å². The first-order valence-electron chi connectivity index (χ1n) is 9.91. The first-order chi connectivity index (χ1) is 13.9. The van der Waals surface area contributed by atoms with Gasteiger partial charge >= 0.3 is 12.0 Å². The molecular weight excluding hydrogens is 376 g/mol. The Labute approximate surface area is 170 Å². The van der Waals surface area contributed by atoms with E-state index < -0.39 is 24.5 Å². The Bertz CT molecular complexity index is 731. The van der Waals surface area contributed by atoms with Gasteiger partial charge in [-0.3, -0.25) is 14.9 Å². The van der Waals surface area contributed by atoms with Gasteiger partial charge in [0, 0.05) is 18.0 Å². The van der Waals surface area contributed by atoms with Crippen molar-refractivity contribution in [1.82, 2.24) is 10.6 Å². The number of amides is 3. The standard InChI is InChI=1S/C21H28N2O6/c1-3-18(24)15-8-10-16(11-9-15)28-13-20(26)29-12-19(25)23-21(27)22-17-7-5-4-6-14(17)2/h8-11,14,17H,3-7,12-13H2,1-2H3,(H2,22,23,25,27). The molecular formula is C21H28N2O6. The molecule has 0 spiro atoms. The molecule has 0 bridgehead atoms. The van der Waals surface area contributed by atoms with E-state index in [2.05, 4.69) is 17.6 Å². The molecule has 2 unspecified atom stereocenters. The van der Waals surface area contributed by atoms with E-state index in [0.29, 0.717) is 23.7 Å². The van der Waals surface area contributed by atoms with Gasteiger partial charge in [-0.05, 0) is 43.0 Å². The summed E-state index contributed by atoms with van der Waals surface area (Å²) in [6.45, 7) is 2.89. The van der Waals surface area contributed by atoms with Gasteiger partial charge in [-0.25, -0.2) is 9.59 Å². The van der Waals surface area contributed by atoms with Gasteiger partial charge in [-0.2, -0.15) is 0 Å². The first kappa shape index (κ1) is 22.4. The molecule has 0 saturated heterocycles. The van der Waals surface area contributed by atoms with E-state index >= 15 is 0 Å². The number of hydrogen-bond donors (Lipinski definition) is 2. The predicted molar refractivity (Wildman–Crippen MR) is 106 cm³/mol. The maximum atomic E-state index is 11.9. The SMILES string of the molecule is CCC(=O)c1ccc(OCC(=O)OCC(=O)NC(=O)NC2CCCCC2C)cc1. The maximum Gasteiger partial charge on any atom is 0.344 e. The lowest BCUT2D eigenvalue weighted by molar-refractivity contribution is -0.150. The minimum absolute atomic E-state index is 0.0175. The van der Waals surface area contributed by atoms with Crippen LogP contribution < -0.4 is 15.4 Å². The topological polar surface area (TPSA) is 111 Å². The molecule has 1 fully saturated rings. The molecule has 1 aliphatic rings. The van der Waals surface area contributed by atoms with Crippen molar-refractivity contribution in [1.29, 1.82) is 0 Å². The van der Waals surface area contributed by atoms with Gasteiger partial charge in [0.15, 0.2) is 19.0 Å². The van der Waals surface area contributed by atoms with Crippen LogP contribution in [0.15, 0.2) is 24.3 Å². The van der Waals surface area contributed by atoms with Crippen LogP contribution in [0.2, 0.25) is 0 Å². The molecule has 29 heavy (non-hydrogen) atoms. The van der Waals surface area contributed by atoms with Crippen LogP contribution in [-0.4, -0.2) is 42.9 Å². The molecule has 1 aliphatic carbocycles. The number of carbonyl (C=O) groups excluding carboxylic acids is 4. The quantitative estimate of drug-likeness (QED) is 0.509. The number of Topliss-reactive ketones (excluding diaryl/α,β-unsaturated/α-hetero) is 1. The number of ketones is 1. The van der Waals surface area contributed by atoms with Gasteiger partial charge in [0.25, 0.3) is 5.91 Å². The molecule has 0 aromatic heterocycles. The zero-order valence-corrected chi connectivity index (χ0v) is 16.9. The summed E-state index contributed by atoms with van der Waals surface area (Å²) in [5, 5.41) is 4.95. The number of urea groups is 1. The van der Waals surface area contributed by atoms with Crippen molar-refractivity contribution in [3.63, 3.8) is 0 Å². The fraction of sp³-hybridized carbons (Fsp3) is 0.524. The molecule has 8 heteroatoms. The van der Waals surface area contributed by atoms with Crippen molar-refractivity contribution in [3.8, 4) is 5.75 Å². The normalized spacial score (nSPS) is 18.4. The van der Waals surface area contributed by atoms with E-state index in [1.54, 1.807) is 31.2 Å². The minimum atomic E-state index is -0.741. The average molecular weight is 404 g/mol. The highest BCUT2D eigenvalue weighted by molar-refractivity contribution is 5.96. The van der Waals surface area contributed by atoms with Crippen LogP contribution in [-0.2, 0) is 14.3 Å². The fourth-order valence-corrected chi connectivity index (χ4v) is 3.17. The molecule has 2 rings (SSSR count). The number of carbonyl (C=O) groups is 4. The van der Waals surface area contributed by atoms with E-state index in [4.69, 9.17) is 9.47 Å². The molecule has 2 N–H and O–H groups in total. The summed E-state index contributed by atoms with van der Waals surface area (Å²) in [7, 11) is 0. The Morgan fingerprint density at radius 1 is 1.03 bits per heavy atom. The third-order valence-electron chi connectivity index (χ3n) is 4.90. The number of benzene rings is 1. The van der Waals surface area contributed by atoms with E-state index in [1.807, 2.05) is 0 Å². The Kier molecular flexibility index (Phi) is 8.64. The molecule has 2 atom stereocenters. The summed E-state index contributed by atoms with van der Waals surface area (Å²) in [5.74, 6) is -0.658. The summed E-state index contributed by atoms with van der Waals surface area (Å²) in [6, 6.07) is 5.87. The number of esters is 1. The van der Waals surface area contributed by atoms with Gasteiger partial charge < -0.3 is 14.8 Å². The smallest absolute Gasteiger partial charge is 0.344 e. The van der Waals surface area contributed by atoms with Crippen LogP contribution in [0.3, 0.4) is 0 Å². The van der Waals surface area contributed by atoms with Crippen LogP contribution in [0.1, 0.15) is 56.3 Å². The van der Waals surface area contributed by atoms with Crippen LogP contribution in [0.25, 0.3) is 0 Å². The Balaban J connectivity index is 1.65. The number of rotatable bonds is 8. The van der Waals surface area contributed by atoms with E-state index in [1.165, 1.54) is 0 Å². The monoisotopic (exact) mass is 404 g/mol. The third kappa shape index (κ3) is 7.56. The van der Waals surface area contributed by atoms with Crippen molar-refractivity contribution < 1.29 is 28.7 Å². The summed E-state index contributed by atoms with van der Waals surface area (Å²) < 4.78 is 10.1. The second-order valence-electron chi connectivity index (χ2n) is 7.14. The highest BCUT2D eigenvalue weighted by Crippen LogP contribution is 2.23. The van der Waals surface area contributed by atoms with Crippen molar-refractivity contribution in [2.45, 2.75) is 52.0 Å². The summed E-state index contributed by atoms with van der Waals surface area (Å²) in [4.78, 5) is 46.9. The third-order valence-corrected chi connectivity index (χ3v) is 4.90. The Morgan fingerprint density at radius 3 is 2.38 bits per heavy atom. The molecule has 0 aliphatic heterocycles. The van der Waals surface area contributed by atoms with Crippen LogP contribution in [0.5, 0.6) is 5.75 Å². The zero-order chi connectivity index (χ0) is 21.2. The average Bonchev–Trinajstić information content (AvgIpc) is 2.72. The van der Waals surface area contributed by atoms with Gasteiger partial charge in [0.2, 0.25) is 0 Å². The highest BCUT2D eigenvalue weighted by atomic mass is 16.6. The largest absolute Gasteiger partial charge is 0.482 e. The van der Waals surface area contributed by atoms with Crippen LogP contribution in [0.4, 0.5) is 4.79 Å². The molecule has 0 heterocycles. The Morgan fingerprint density at radius 2 is 1.72 bits per heavy atom. The summed E-state index contributed by atoms with van der Waals surface area (Å²) >= 11 is 0. The van der Waals surface area contributed by atoms with Gasteiger partial charge in [0.1, 0.15) is 5.75 Å². The van der Waals surface area contributed by atoms with Crippen molar-refractivity contribution >= 4 is 23.7 Å². The number of nitrogens with one attached hydrogen (secondary N) is 2. The van der Waals surface area contributed by atoms with Crippen molar-refractivity contribution in [2.75, 3.05) is 13.2 Å². The predicted octanol–water partition coefficient (Wildman–Crippen LogP) is 2.61. The molecule has 8 nitrogen and oxygen atoms in total. The second-order valence-corrected chi connectivity index (χ2v) is 7.14. The first-order valence-corrected chi connectivity index (χ1v) is 9.91. The number of imide groups is 1. The lowest BCUT2D eigenvalue weighted by Gasteiger charge is -2.29. The van der Waals surface area contributed by atoms with Gasteiger partial charge in [-0.15, -0.1) is 0 Å². The van der Waals surface area contributed by atoms with E-state index in [9.17, 15) is 19.2 Å². The number of ether oxygens (including phenoxy) is 2. The van der Waals surface area contributed by atoms with Gasteiger partial charge in [-0.1, -0.05) is 26.7 Å². The van der Waals surface area contributed by atoms with Crippen LogP contribution >= 0.6 is 0 Å². The zero-order valence-electron chi connectivity index (χ0n) is 16.9. The lowest BCUT2D eigenvalue weighted by atomic mass is 9.86. The molecule has 158 valence electrons.